The maximum Gasteiger partial charge on any atom is 0.142 e. The number of nitrogen functional groups attached to an aromatic ring is 1. The molecule has 2 N–H and O–H groups in total. The Bertz CT molecular complexity index is 651. The van der Waals surface area contributed by atoms with Crippen LogP contribution in [0.15, 0.2) is 45.8 Å². The van der Waals surface area contributed by atoms with Crippen molar-refractivity contribution in [1.82, 2.24) is 0 Å². The van der Waals surface area contributed by atoms with Gasteiger partial charge in [0.1, 0.15) is 5.82 Å². The Morgan fingerprint density at radius 3 is 2.63 bits per heavy atom. The number of nitrogens with two attached hydrogens (primary N) is 1. The molecule has 0 bridgehead atoms. The summed E-state index contributed by atoms with van der Waals surface area (Å²) in [6, 6.07) is 9.55. The molecule has 2 rings (SSSR count). The molecule has 1 unspecified atom stereocenters. The van der Waals surface area contributed by atoms with E-state index in [0.29, 0.717) is 16.1 Å². The minimum absolute atomic E-state index is 0.0534. The van der Waals surface area contributed by atoms with E-state index in [-0.39, 0.29) is 10.8 Å². The maximum absolute atomic E-state index is 13.3. The van der Waals surface area contributed by atoms with Crippen molar-refractivity contribution in [2.24, 2.45) is 0 Å². The van der Waals surface area contributed by atoms with Crippen LogP contribution in [0.5, 0.6) is 0 Å². The Balaban J connectivity index is 2.23. The van der Waals surface area contributed by atoms with E-state index in [1.807, 2.05) is 0 Å². The molecule has 100 valence electrons. The van der Waals surface area contributed by atoms with Gasteiger partial charge in [0.2, 0.25) is 0 Å². The quantitative estimate of drug-likeness (QED) is 0.834. The van der Waals surface area contributed by atoms with Gasteiger partial charge in [0.15, 0.2) is 0 Å². The zero-order valence-electron chi connectivity index (χ0n) is 9.70. The van der Waals surface area contributed by atoms with Gasteiger partial charge in [-0.15, -0.1) is 0 Å². The number of rotatable bonds is 3. The van der Waals surface area contributed by atoms with Crippen LogP contribution in [0.3, 0.4) is 0 Å². The highest BCUT2D eigenvalue weighted by Crippen LogP contribution is 2.24. The molecule has 2 aromatic carbocycles. The normalized spacial score (nSPS) is 12.4. The molecule has 0 saturated heterocycles. The number of benzene rings is 2. The lowest BCUT2D eigenvalue weighted by Gasteiger charge is -2.07. The van der Waals surface area contributed by atoms with E-state index in [1.54, 1.807) is 24.3 Å². The van der Waals surface area contributed by atoms with Crippen LogP contribution in [0.2, 0.25) is 5.02 Å². The maximum atomic E-state index is 13.3. The second kappa shape index (κ2) is 6.03. The highest BCUT2D eigenvalue weighted by molar-refractivity contribution is 9.10. The lowest BCUT2D eigenvalue weighted by atomic mass is 10.2. The average Bonchev–Trinajstić information content (AvgIpc) is 2.33. The molecule has 0 aliphatic heterocycles. The molecule has 0 aliphatic carbocycles. The summed E-state index contributed by atoms with van der Waals surface area (Å²) in [6.07, 6.45) is 0. The van der Waals surface area contributed by atoms with Gasteiger partial charge in [-0.3, -0.25) is 4.21 Å². The van der Waals surface area contributed by atoms with E-state index in [4.69, 9.17) is 17.3 Å². The Morgan fingerprint density at radius 2 is 2.00 bits per heavy atom. The van der Waals surface area contributed by atoms with Gasteiger partial charge in [-0.2, -0.15) is 0 Å². The zero-order valence-corrected chi connectivity index (χ0v) is 12.9. The summed E-state index contributed by atoms with van der Waals surface area (Å²) in [5, 5.41) is 0.0534. The van der Waals surface area contributed by atoms with Crippen molar-refractivity contribution >= 4 is 44.0 Å². The molecular formula is C13H10BrClFNOS. The molecule has 0 fully saturated rings. The summed E-state index contributed by atoms with van der Waals surface area (Å²) < 4.78 is 26.3. The third-order valence-electron chi connectivity index (χ3n) is 2.50. The van der Waals surface area contributed by atoms with E-state index in [1.165, 1.54) is 12.1 Å². The summed E-state index contributed by atoms with van der Waals surface area (Å²) >= 11 is 8.89. The van der Waals surface area contributed by atoms with Crippen LogP contribution in [0.1, 0.15) is 5.56 Å². The van der Waals surface area contributed by atoms with Crippen LogP contribution < -0.4 is 5.73 Å². The van der Waals surface area contributed by atoms with Crippen LogP contribution >= 0.6 is 27.5 Å². The van der Waals surface area contributed by atoms with Gasteiger partial charge in [0.25, 0.3) is 0 Å². The van der Waals surface area contributed by atoms with Gasteiger partial charge in [-0.25, -0.2) is 4.39 Å². The topological polar surface area (TPSA) is 43.1 Å². The largest absolute Gasteiger partial charge is 0.398 e. The van der Waals surface area contributed by atoms with Crippen LogP contribution in [0.4, 0.5) is 10.1 Å². The molecule has 0 aliphatic rings. The minimum Gasteiger partial charge on any atom is -0.398 e. The molecule has 0 saturated carbocycles. The van der Waals surface area contributed by atoms with Crippen LogP contribution in [0, 0.1) is 5.82 Å². The minimum atomic E-state index is -1.32. The lowest BCUT2D eigenvalue weighted by Crippen LogP contribution is -2.01. The summed E-state index contributed by atoms with van der Waals surface area (Å²) in [7, 11) is -1.32. The fourth-order valence-corrected chi connectivity index (χ4v) is 3.26. The molecule has 6 heteroatoms. The van der Waals surface area contributed by atoms with Crippen LogP contribution in [-0.2, 0) is 16.6 Å². The molecule has 1 atom stereocenters. The van der Waals surface area contributed by atoms with Gasteiger partial charge in [0.05, 0.1) is 26.5 Å². The third kappa shape index (κ3) is 3.55. The number of hydrogen-bond acceptors (Lipinski definition) is 2. The average molecular weight is 363 g/mol. The van der Waals surface area contributed by atoms with Crippen LogP contribution in [-0.4, -0.2) is 4.21 Å². The molecule has 2 aromatic rings. The Kier molecular flexibility index (Phi) is 4.60. The molecule has 0 spiro atoms. The Labute approximate surface area is 126 Å². The molecule has 0 radical (unpaired) electrons. The molecular weight excluding hydrogens is 353 g/mol. The van der Waals surface area contributed by atoms with Crippen molar-refractivity contribution in [3.8, 4) is 0 Å². The predicted octanol–water partition coefficient (Wildman–Crippen LogP) is 4.13. The monoisotopic (exact) mass is 361 g/mol. The lowest BCUT2D eigenvalue weighted by molar-refractivity contribution is 0.626. The summed E-state index contributed by atoms with van der Waals surface area (Å²) in [4.78, 5) is 0.540. The van der Waals surface area contributed by atoms with Crippen molar-refractivity contribution in [2.75, 3.05) is 5.73 Å². The van der Waals surface area contributed by atoms with Crippen molar-refractivity contribution in [3.05, 3.63) is 57.3 Å². The SMILES string of the molecule is Nc1cc(Br)ccc1S(=O)Cc1ccc(Cl)c(F)c1. The Hall–Kier alpha value is -0.910. The zero-order chi connectivity index (χ0) is 14.0. The van der Waals surface area contributed by atoms with Crippen molar-refractivity contribution in [1.29, 1.82) is 0 Å². The van der Waals surface area contributed by atoms with E-state index >= 15 is 0 Å². The molecule has 19 heavy (non-hydrogen) atoms. The van der Waals surface area contributed by atoms with E-state index in [2.05, 4.69) is 15.9 Å². The summed E-state index contributed by atoms with van der Waals surface area (Å²) in [5.41, 5.74) is 6.87. The third-order valence-corrected chi connectivity index (χ3v) is 4.76. The van der Waals surface area contributed by atoms with Gasteiger partial charge in [0, 0.05) is 10.2 Å². The molecule has 0 amide bonds. The molecule has 0 aromatic heterocycles. The van der Waals surface area contributed by atoms with Gasteiger partial charge >= 0.3 is 0 Å². The predicted molar refractivity (Wildman–Crippen MR) is 80.1 cm³/mol. The molecule has 0 heterocycles. The van der Waals surface area contributed by atoms with Crippen molar-refractivity contribution < 1.29 is 8.60 Å². The fraction of sp³-hybridized carbons (Fsp3) is 0.0769. The first kappa shape index (κ1) is 14.5. The fourth-order valence-electron chi connectivity index (χ4n) is 1.59. The van der Waals surface area contributed by atoms with Gasteiger partial charge < -0.3 is 5.73 Å². The summed E-state index contributed by atoms with van der Waals surface area (Å²) in [6.45, 7) is 0. The highest BCUT2D eigenvalue weighted by atomic mass is 79.9. The second-order valence-corrected chi connectivity index (χ2v) is 6.66. The highest BCUT2D eigenvalue weighted by Gasteiger charge is 2.10. The van der Waals surface area contributed by atoms with E-state index in [9.17, 15) is 8.60 Å². The standard InChI is InChI=1S/C13H10BrClFNOS/c14-9-2-4-13(12(17)6-9)19(18)7-8-1-3-10(15)11(16)5-8/h1-6H,7,17H2. The first-order valence-corrected chi connectivity index (χ1v) is 7.83. The first-order valence-electron chi connectivity index (χ1n) is 5.34. The van der Waals surface area contributed by atoms with Gasteiger partial charge in [-0.05, 0) is 35.9 Å². The van der Waals surface area contributed by atoms with Crippen molar-refractivity contribution in [3.63, 3.8) is 0 Å². The van der Waals surface area contributed by atoms with E-state index in [0.717, 1.165) is 4.47 Å². The number of halogens is 3. The summed E-state index contributed by atoms with van der Waals surface area (Å²) in [5.74, 6) is -0.320. The van der Waals surface area contributed by atoms with Crippen molar-refractivity contribution in [2.45, 2.75) is 10.6 Å². The van der Waals surface area contributed by atoms with Crippen LogP contribution in [0.25, 0.3) is 0 Å². The smallest absolute Gasteiger partial charge is 0.142 e. The second-order valence-electron chi connectivity index (χ2n) is 3.92. The number of hydrogen-bond donors (Lipinski definition) is 1. The molecule has 2 nitrogen and oxygen atoms in total. The first-order chi connectivity index (χ1) is 8.97. The van der Waals surface area contributed by atoms with Gasteiger partial charge in [-0.1, -0.05) is 33.6 Å². The van der Waals surface area contributed by atoms with E-state index < -0.39 is 16.6 Å². The Morgan fingerprint density at radius 1 is 1.26 bits per heavy atom. The number of anilines is 1.